The van der Waals surface area contributed by atoms with E-state index in [0.717, 1.165) is 0 Å². The minimum absolute atomic E-state index is 0.167. The molecule has 1 N–H and O–H groups in total. The Labute approximate surface area is 109 Å². The maximum absolute atomic E-state index is 13.1. The molecule has 96 valence electrons. The Bertz CT molecular complexity index is 606. The van der Waals surface area contributed by atoms with Gasteiger partial charge in [-0.25, -0.2) is 14.4 Å². The van der Waals surface area contributed by atoms with Crippen LogP contribution in [0, 0.1) is 17.7 Å². The molecule has 1 aromatic heterocycles. The highest BCUT2D eigenvalue weighted by atomic mass is 19.1. The number of hydrogen-bond acceptors (Lipinski definition) is 4. The Hall–Kier alpha value is -2.45. The molecule has 0 amide bonds. The monoisotopic (exact) mass is 258 g/mol. The van der Waals surface area contributed by atoms with Crippen molar-refractivity contribution in [3.63, 3.8) is 0 Å². The van der Waals surface area contributed by atoms with Crippen molar-refractivity contribution in [1.82, 2.24) is 9.97 Å². The first-order valence-electron chi connectivity index (χ1n) is 5.57. The Morgan fingerprint density at radius 2 is 2.05 bits per heavy atom. The standard InChI is InChI=1S/C14H11FN2O2/c15-12-4-5-13(11(9-12)3-1-8-18)19-10-14-16-6-2-7-17-14/h2,4-7,9,18H,8,10H2. The van der Waals surface area contributed by atoms with Crippen molar-refractivity contribution in [2.45, 2.75) is 6.61 Å². The largest absolute Gasteiger partial charge is 0.484 e. The van der Waals surface area contributed by atoms with Gasteiger partial charge in [0.25, 0.3) is 0 Å². The van der Waals surface area contributed by atoms with Gasteiger partial charge in [0.1, 0.15) is 24.8 Å². The first kappa shape index (κ1) is 13.0. The zero-order chi connectivity index (χ0) is 13.5. The molecular formula is C14H11FN2O2. The molecule has 5 heteroatoms. The van der Waals surface area contributed by atoms with Crippen LogP contribution in [0.2, 0.25) is 0 Å². The fraction of sp³-hybridized carbons (Fsp3) is 0.143. The number of rotatable bonds is 3. The predicted molar refractivity (Wildman–Crippen MR) is 66.7 cm³/mol. The molecular weight excluding hydrogens is 247 g/mol. The number of hydrogen-bond donors (Lipinski definition) is 1. The molecule has 0 atom stereocenters. The van der Waals surface area contributed by atoms with Gasteiger partial charge >= 0.3 is 0 Å². The molecule has 0 aliphatic carbocycles. The van der Waals surface area contributed by atoms with Crippen molar-refractivity contribution in [2.75, 3.05) is 6.61 Å². The van der Waals surface area contributed by atoms with Crippen LogP contribution in [0.4, 0.5) is 4.39 Å². The third kappa shape index (κ3) is 3.76. The van der Waals surface area contributed by atoms with Crippen LogP contribution in [0.1, 0.15) is 11.4 Å². The normalized spacial score (nSPS) is 9.58. The second kappa shape index (κ2) is 6.47. The molecule has 0 fully saturated rings. The summed E-state index contributed by atoms with van der Waals surface area (Å²) in [6, 6.07) is 5.73. The Morgan fingerprint density at radius 1 is 1.26 bits per heavy atom. The van der Waals surface area contributed by atoms with E-state index in [2.05, 4.69) is 21.8 Å². The summed E-state index contributed by atoms with van der Waals surface area (Å²) in [7, 11) is 0. The minimum atomic E-state index is -0.412. The quantitative estimate of drug-likeness (QED) is 0.848. The zero-order valence-corrected chi connectivity index (χ0v) is 10.0. The molecule has 0 radical (unpaired) electrons. The minimum Gasteiger partial charge on any atom is -0.484 e. The summed E-state index contributed by atoms with van der Waals surface area (Å²) < 4.78 is 18.6. The van der Waals surface area contributed by atoms with Crippen LogP contribution in [0.5, 0.6) is 5.75 Å². The van der Waals surface area contributed by atoms with Gasteiger partial charge in [-0.1, -0.05) is 11.8 Å². The van der Waals surface area contributed by atoms with Crippen molar-refractivity contribution in [3.8, 4) is 17.6 Å². The molecule has 2 rings (SSSR count). The number of nitrogens with zero attached hydrogens (tertiary/aromatic N) is 2. The third-order valence-corrected chi connectivity index (χ3v) is 2.22. The van der Waals surface area contributed by atoms with Crippen LogP contribution in [0.25, 0.3) is 0 Å². The highest BCUT2D eigenvalue weighted by molar-refractivity contribution is 5.46. The summed E-state index contributed by atoms with van der Waals surface area (Å²) in [6.07, 6.45) is 3.23. The van der Waals surface area contributed by atoms with E-state index in [4.69, 9.17) is 9.84 Å². The van der Waals surface area contributed by atoms with Crippen molar-refractivity contribution in [2.24, 2.45) is 0 Å². The SMILES string of the molecule is OCC#Cc1cc(F)ccc1OCc1ncccn1. The number of aromatic nitrogens is 2. The van der Waals surface area contributed by atoms with E-state index < -0.39 is 5.82 Å². The van der Waals surface area contributed by atoms with Crippen LogP contribution in [-0.2, 0) is 6.61 Å². The van der Waals surface area contributed by atoms with E-state index >= 15 is 0 Å². The predicted octanol–water partition coefficient (Wildman–Crippen LogP) is 1.54. The lowest BCUT2D eigenvalue weighted by Crippen LogP contribution is -2.01. The summed E-state index contributed by atoms with van der Waals surface area (Å²) in [6.45, 7) is -0.127. The molecule has 0 bridgehead atoms. The first-order valence-corrected chi connectivity index (χ1v) is 5.57. The van der Waals surface area contributed by atoms with Crippen molar-refractivity contribution in [1.29, 1.82) is 0 Å². The molecule has 0 aliphatic heterocycles. The second-order valence-electron chi connectivity index (χ2n) is 3.55. The van der Waals surface area contributed by atoms with Gasteiger partial charge in [0.05, 0.1) is 5.56 Å². The van der Waals surface area contributed by atoms with Crippen LogP contribution < -0.4 is 4.74 Å². The number of benzene rings is 1. The van der Waals surface area contributed by atoms with E-state index in [1.165, 1.54) is 18.2 Å². The van der Waals surface area contributed by atoms with Crippen molar-refractivity contribution in [3.05, 3.63) is 53.9 Å². The van der Waals surface area contributed by atoms with Crippen molar-refractivity contribution >= 4 is 0 Å². The Kier molecular flexibility index (Phi) is 4.43. The average Bonchev–Trinajstić information content (AvgIpc) is 2.45. The number of ether oxygens (including phenoxy) is 1. The molecule has 1 heterocycles. The van der Waals surface area contributed by atoms with E-state index in [-0.39, 0.29) is 13.2 Å². The van der Waals surface area contributed by atoms with Gasteiger partial charge in [-0.15, -0.1) is 0 Å². The second-order valence-corrected chi connectivity index (χ2v) is 3.55. The molecule has 0 spiro atoms. The lowest BCUT2D eigenvalue weighted by atomic mass is 10.2. The summed E-state index contributed by atoms with van der Waals surface area (Å²) in [5.41, 5.74) is 0.380. The smallest absolute Gasteiger partial charge is 0.166 e. The van der Waals surface area contributed by atoms with Gasteiger partial charge in [-0.05, 0) is 24.3 Å². The number of halogens is 1. The van der Waals surface area contributed by atoms with E-state index in [1.54, 1.807) is 18.5 Å². The topological polar surface area (TPSA) is 55.2 Å². The Morgan fingerprint density at radius 3 is 2.79 bits per heavy atom. The summed E-state index contributed by atoms with van der Waals surface area (Å²) >= 11 is 0. The van der Waals surface area contributed by atoms with Gasteiger partial charge in [-0.3, -0.25) is 0 Å². The maximum atomic E-state index is 13.1. The van der Waals surface area contributed by atoms with Crippen LogP contribution in [-0.4, -0.2) is 21.7 Å². The van der Waals surface area contributed by atoms with E-state index in [9.17, 15) is 4.39 Å². The lowest BCUT2D eigenvalue weighted by Gasteiger charge is -2.07. The Balaban J connectivity index is 2.15. The van der Waals surface area contributed by atoms with Crippen molar-refractivity contribution < 1.29 is 14.2 Å². The lowest BCUT2D eigenvalue weighted by molar-refractivity contribution is 0.294. The van der Waals surface area contributed by atoms with Gasteiger partial charge < -0.3 is 9.84 Å². The summed E-state index contributed by atoms with van der Waals surface area (Å²) in [4.78, 5) is 8.03. The maximum Gasteiger partial charge on any atom is 0.166 e. The van der Waals surface area contributed by atoms with E-state index in [0.29, 0.717) is 17.1 Å². The zero-order valence-electron chi connectivity index (χ0n) is 10.0. The number of aliphatic hydroxyl groups excluding tert-OH is 1. The van der Waals surface area contributed by atoms with Crippen LogP contribution in [0.3, 0.4) is 0 Å². The highest BCUT2D eigenvalue weighted by Gasteiger charge is 2.04. The van der Waals surface area contributed by atoms with E-state index in [1.807, 2.05) is 0 Å². The first-order chi connectivity index (χ1) is 9.29. The fourth-order valence-corrected chi connectivity index (χ4v) is 1.41. The van der Waals surface area contributed by atoms with Gasteiger partial charge in [0.15, 0.2) is 5.82 Å². The molecule has 19 heavy (non-hydrogen) atoms. The van der Waals surface area contributed by atoms with Gasteiger partial charge in [0, 0.05) is 12.4 Å². The summed E-state index contributed by atoms with van der Waals surface area (Å²) in [5, 5.41) is 8.67. The van der Waals surface area contributed by atoms with Gasteiger partial charge in [-0.2, -0.15) is 0 Å². The molecule has 0 unspecified atom stereocenters. The summed E-state index contributed by atoms with van der Waals surface area (Å²) in [5.74, 6) is 5.63. The molecule has 0 aliphatic rings. The average molecular weight is 258 g/mol. The third-order valence-electron chi connectivity index (χ3n) is 2.22. The van der Waals surface area contributed by atoms with Gasteiger partial charge in [0.2, 0.25) is 0 Å². The molecule has 2 aromatic rings. The number of aliphatic hydroxyl groups is 1. The molecule has 4 nitrogen and oxygen atoms in total. The van der Waals surface area contributed by atoms with Crippen LogP contribution >= 0.6 is 0 Å². The molecule has 0 saturated carbocycles. The van der Waals surface area contributed by atoms with Crippen LogP contribution in [0.15, 0.2) is 36.7 Å². The molecule has 0 saturated heterocycles. The molecule has 1 aromatic carbocycles. The fourth-order valence-electron chi connectivity index (χ4n) is 1.41. The highest BCUT2D eigenvalue weighted by Crippen LogP contribution is 2.19.